The lowest BCUT2D eigenvalue weighted by Gasteiger charge is -2.71. The summed E-state index contributed by atoms with van der Waals surface area (Å²) >= 11 is 0. The van der Waals surface area contributed by atoms with Gasteiger partial charge in [-0.15, -0.1) is 0 Å². The van der Waals surface area contributed by atoms with Crippen molar-refractivity contribution in [3.8, 4) is 0 Å². The molecule has 0 saturated heterocycles. The maximum atomic E-state index is 15.2. The van der Waals surface area contributed by atoms with Gasteiger partial charge in [0.2, 0.25) is 0 Å². The van der Waals surface area contributed by atoms with Crippen molar-refractivity contribution < 1.29 is 29.4 Å². The number of aliphatic carboxylic acids is 2. The Morgan fingerprint density at radius 3 is 1.16 bits per heavy atom. The van der Waals surface area contributed by atoms with Gasteiger partial charge in [-0.25, -0.2) is 0 Å². The zero-order valence-corrected chi connectivity index (χ0v) is 44.4. The first-order valence-electron chi connectivity index (χ1n) is 27.8. The van der Waals surface area contributed by atoms with E-state index in [1.165, 1.54) is 0 Å². The van der Waals surface area contributed by atoms with Crippen LogP contribution in [0.2, 0.25) is 0 Å². The second-order valence-corrected chi connectivity index (χ2v) is 29.3. The first-order valence-corrected chi connectivity index (χ1v) is 27.8. The average Bonchev–Trinajstić information content (AvgIpc) is 3.84. The molecule has 7 nitrogen and oxygen atoms in total. The van der Waals surface area contributed by atoms with E-state index < -0.39 is 33.6 Å². The number of nitrogens with one attached hydrogen (secondary N) is 1. The SMILES string of the molecule is CC(C)[C@@H]1CC[C@]2(C(=O)O)CC[C@]3(C)[C@H](CC[C@@H]4[C@@]5(C)C=C(NC6=C[C@]7(C)[C@H]8CC[C@@H]9[C@H]%10[C@H](C(C)C)CC[C@]%10(C(=O)O)CC[C@@]9(C)[C@]8(C)CC[C@H]7C(C)(C)C6=O)C(=O)C(C)(C)[C@@H]5CC[C@]43C)[C@@H]12. The number of allylic oxidation sites excluding steroid dienone is 4. The smallest absolute Gasteiger partial charge is 0.309 e. The van der Waals surface area contributed by atoms with Crippen LogP contribution < -0.4 is 5.32 Å². The molecule has 0 aromatic carbocycles. The van der Waals surface area contributed by atoms with Crippen LogP contribution in [0.15, 0.2) is 23.5 Å². The number of carbonyl (C=O) groups excluding carboxylic acids is 2. The molecule has 0 amide bonds. The van der Waals surface area contributed by atoms with Crippen molar-refractivity contribution in [2.24, 2.45) is 125 Å². The van der Waals surface area contributed by atoms with Crippen LogP contribution in [0.3, 0.4) is 0 Å². The van der Waals surface area contributed by atoms with Crippen molar-refractivity contribution in [2.75, 3.05) is 0 Å². The van der Waals surface area contributed by atoms with Crippen LogP contribution in [0, 0.1) is 125 Å². The van der Waals surface area contributed by atoms with Crippen molar-refractivity contribution in [2.45, 2.75) is 200 Å². The van der Waals surface area contributed by atoms with Crippen LogP contribution in [0.4, 0.5) is 0 Å². The number of carbonyl (C=O) groups is 4. The molecule has 0 aromatic rings. The van der Waals surface area contributed by atoms with E-state index in [0.29, 0.717) is 58.7 Å². The summed E-state index contributed by atoms with van der Waals surface area (Å²) in [6.07, 6.45) is 20.0. The largest absolute Gasteiger partial charge is 0.481 e. The summed E-state index contributed by atoms with van der Waals surface area (Å²) in [6, 6.07) is 0. The Morgan fingerprint density at radius 2 is 0.836 bits per heavy atom. The molecule has 7 heteroatoms. The molecular formula is C60H91NO6. The zero-order chi connectivity index (χ0) is 48.8. The minimum Gasteiger partial charge on any atom is -0.481 e. The second kappa shape index (κ2) is 14.6. The summed E-state index contributed by atoms with van der Waals surface area (Å²) in [5.41, 5.74) is -1.86. The number of carboxylic acid groups (broad SMARTS) is 2. The molecule has 8 fully saturated rings. The molecule has 0 radical (unpaired) electrons. The number of carboxylic acids is 2. The predicted octanol–water partition coefficient (Wildman–Crippen LogP) is 13.6. The maximum Gasteiger partial charge on any atom is 0.309 e. The van der Waals surface area contributed by atoms with E-state index in [9.17, 15) is 19.8 Å². The van der Waals surface area contributed by atoms with Gasteiger partial charge in [0.15, 0.2) is 11.6 Å². The third kappa shape index (κ3) is 5.70. The molecule has 0 unspecified atom stereocenters. The van der Waals surface area contributed by atoms with Gasteiger partial charge in [-0.1, -0.05) is 109 Å². The van der Waals surface area contributed by atoms with Crippen molar-refractivity contribution >= 4 is 23.5 Å². The van der Waals surface area contributed by atoms with E-state index in [2.05, 4.69) is 114 Å². The molecule has 0 spiro atoms. The Labute approximate surface area is 405 Å². The van der Waals surface area contributed by atoms with Gasteiger partial charge in [0.25, 0.3) is 0 Å². The van der Waals surface area contributed by atoms with Gasteiger partial charge in [0.05, 0.1) is 22.2 Å². The molecule has 0 heterocycles. The summed E-state index contributed by atoms with van der Waals surface area (Å²) in [6.45, 7) is 33.2. The number of hydrogen-bond donors (Lipinski definition) is 3. The van der Waals surface area contributed by atoms with Crippen molar-refractivity contribution in [3.63, 3.8) is 0 Å². The first-order chi connectivity index (χ1) is 31.0. The Kier molecular flexibility index (Phi) is 10.5. The van der Waals surface area contributed by atoms with Crippen molar-refractivity contribution in [1.82, 2.24) is 5.32 Å². The number of Topliss-reactive ketones (excluding diaryl/α,β-unsaturated/α-hetero) is 2. The summed E-state index contributed by atoms with van der Waals surface area (Å²) < 4.78 is 0. The molecule has 10 aliphatic carbocycles. The van der Waals surface area contributed by atoms with Gasteiger partial charge in [0.1, 0.15) is 0 Å². The summed E-state index contributed by atoms with van der Waals surface area (Å²) in [5.74, 6) is 3.07. The fraction of sp³-hybridized carbons (Fsp3) is 0.867. The number of ketones is 2. The highest BCUT2D eigenvalue weighted by molar-refractivity contribution is 6.05. The topological polar surface area (TPSA) is 121 Å². The number of rotatable bonds is 6. The standard InChI is InChI=1S/C60H91NO6/c1-33(2)35-19-25-59(49(64)65)29-27-55(11)37(45(35)59)15-17-43-53(9)31-39(47(62)51(5,6)41(53)21-23-57(43,55)13)61-40-32-54(10)42(52(7,8)48(40)63)22-24-58(14)44(54)18-16-38-46-36(34(3)4)20-26-60(46,50(66)67)30-28-56(38,58)12/h31-38,41-46,61H,15-30H2,1-14H3,(H,64,65)(H,66,67)/t35-,36-,37+,38+,41-,42-,43+,44+,45+,46+,53-,54-,55+,56+,57+,58+,59-,60-/m0/s1. The molecule has 0 bridgehead atoms. The lowest BCUT2D eigenvalue weighted by Crippen LogP contribution is -2.67. The maximum absolute atomic E-state index is 15.2. The minimum absolute atomic E-state index is 0.00227. The monoisotopic (exact) mass is 922 g/mol. The van der Waals surface area contributed by atoms with E-state index in [1.807, 2.05) is 0 Å². The second-order valence-electron chi connectivity index (χ2n) is 29.3. The van der Waals surface area contributed by atoms with E-state index in [-0.39, 0.29) is 67.7 Å². The molecule has 10 rings (SSSR count). The van der Waals surface area contributed by atoms with Crippen LogP contribution in [0.25, 0.3) is 0 Å². The molecule has 0 aliphatic heterocycles. The van der Waals surface area contributed by atoms with E-state index in [1.54, 1.807) is 0 Å². The molecule has 10 aliphatic rings. The van der Waals surface area contributed by atoms with Gasteiger partial charge in [-0.3, -0.25) is 19.2 Å². The van der Waals surface area contributed by atoms with Crippen molar-refractivity contribution in [3.05, 3.63) is 23.5 Å². The summed E-state index contributed by atoms with van der Waals surface area (Å²) in [5, 5.41) is 25.7. The molecule has 0 aromatic heterocycles. The van der Waals surface area contributed by atoms with E-state index in [0.717, 1.165) is 103 Å². The van der Waals surface area contributed by atoms with Crippen LogP contribution >= 0.6 is 0 Å². The fourth-order valence-corrected chi connectivity index (χ4v) is 22.9. The Hall–Kier alpha value is -2.44. The Balaban J connectivity index is 1.01. The molecule has 8 saturated carbocycles. The molecule has 3 N–H and O–H groups in total. The average molecular weight is 922 g/mol. The quantitative estimate of drug-likeness (QED) is 0.243. The number of hydrogen-bond acceptors (Lipinski definition) is 5. The molecular weight excluding hydrogens is 831 g/mol. The molecule has 372 valence electrons. The van der Waals surface area contributed by atoms with E-state index >= 15 is 9.59 Å². The van der Waals surface area contributed by atoms with Gasteiger partial charge >= 0.3 is 11.9 Å². The highest BCUT2D eigenvalue weighted by Crippen LogP contribution is 2.79. The lowest BCUT2D eigenvalue weighted by molar-refractivity contribution is -0.224. The first kappa shape index (κ1) is 48.2. The molecule has 67 heavy (non-hydrogen) atoms. The Morgan fingerprint density at radius 1 is 0.478 bits per heavy atom. The normalized spacial score (nSPS) is 52.5. The minimum atomic E-state index is -0.624. The summed E-state index contributed by atoms with van der Waals surface area (Å²) in [4.78, 5) is 57.0. The van der Waals surface area contributed by atoms with Crippen LogP contribution in [0.1, 0.15) is 200 Å². The highest BCUT2D eigenvalue weighted by atomic mass is 16.4. The third-order valence-electron chi connectivity index (χ3n) is 26.5. The summed E-state index contributed by atoms with van der Waals surface area (Å²) in [7, 11) is 0. The predicted molar refractivity (Wildman–Crippen MR) is 264 cm³/mol. The fourth-order valence-electron chi connectivity index (χ4n) is 22.9. The van der Waals surface area contributed by atoms with Gasteiger partial charge < -0.3 is 15.5 Å². The van der Waals surface area contributed by atoms with Gasteiger partial charge in [-0.2, -0.15) is 0 Å². The Bertz CT molecular complexity index is 2070. The van der Waals surface area contributed by atoms with Gasteiger partial charge in [0, 0.05) is 10.8 Å². The van der Waals surface area contributed by atoms with Crippen LogP contribution in [0.5, 0.6) is 0 Å². The van der Waals surface area contributed by atoms with Gasteiger partial charge in [-0.05, 0) is 206 Å². The van der Waals surface area contributed by atoms with E-state index in [4.69, 9.17) is 0 Å². The zero-order valence-electron chi connectivity index (χ0n) is 44.4. The third-order valence-corrected chi connectivity index (χ3v) is 26.5. The highest BCUT2D eigenvalue weighted by Gasteiger charge is 2.74. The van der Waals surface area contributed by atoms with Crippen molar-refractivity contribution in [1.29, 1.82) is 0 Å². The lowest BCUT2D eigenvalue weighted by atomic mass is 9.32. The van der Waals surface area contributed by atoms with Crippen LogP contribution in [-0.4, -0.2) is 33.7 Å². The number of fused-ring (bicyclic) bond motifs is 14. The molecule has 18 atom stereocenters. The van der Waals surface area contributed by atoms with Crippen LogP contribution in [-0.2, 0) is 19.2 Å².